The molecule has 1 amide bonds. The average Bonchev–Trinajstić information content (AvgIpc) is 2.75. The summed E-state index contributed by atoms with van der Waals surface area (Å²) in [6, 6.07) is 16.2. The second kappa shape index (κ2) is 8.57. The largest absolute Gasteiger partial charge is 0.310 e. The number of aromatic nitrogens is 3. The number of nitrogens with zero attached hydrogens (tertiary/aromatic N) is 3. The standard InChI is InChI=1S/C23H16F2N4O/c24-19-11-15(4-6-18(19)16-8-10-27-21(25)13-16)12-23(30)29-22-7-5-17(14-28-22)20-3-1-2-9-26-20/h1-11,13-14H,12H2,(H,28,29,30). The fourth-order valence-electron chi connectivity index (χ4n) is 3.00. The Kier molecular flexibility index (Phi) is 5.52. The number of halogens is 2. The van der Waals surface area contributed by atoms with Crippen LogP contribution in [0.5, 0.6) is 0 Å². The van der Waals surface area contributed by atoms with E-state index in [4.69, 9.17) is 0 Å². The molecule has 0 bridgehead atoms. The van der Waals surface area contributed by atoms with Gasteiger partial charge in [-0.25, -0.2) is 14.4 Å². The van der Waals surface area contributed by atoms with Crippen molar-refractivity contribution in [1.29, 1.82) is 0 Å². The summed E-state index contributed by atoms with van der Waals surface area (Å²) in [7, 11) is 0. The van der Waals surface area contributed by atoms with Gasteiger partial charge in [-0.3, -0.25) is 9.78 Å². The lowest BCUT2D eigenvalue weighted by Crippen LogP contribution is -2.15. The minimum atomic E-state index is -0.683. The number of nitrogens with one attached hydrogen (secondary N) is 1. The summed E-state index contributed by atoms with van der Waals surface area (Å²) >= 11 is 0. The highest BCUT2D eigenvalue weighted by atomic mass is 19.1. The third-order valence-corrected chi connectivity index (χ3v) is 4.43. The van der Waals surface area contributed by atoms with Crippen molar-refractivity contribution in [3.8, 4) is 22.4 Å². The number of pyridine rings is 3. The van der Waals surface area contributed by atoms with Crippen molar-refractivity contribution in [2.45, 2.75) is 6.42 Å². The Morgan fingerprint density at radius 2 is 1.77 bits per heavy atom. The molecule has 7 heteroatoms. The molecule has 0 saturated carbocycles. The van der Waals surface area contributed by atoms with Crippen LogP contribution in [0, 0.1) is 11.8 Å². The highest BCUT2D eigenvalue weighted by molar-refractivity contribution is 5.91. The lowest BCUT2D eigenvalue weighted by atomic mass is 10.0. The second-order valence-corrected chi connectivity index (χ2v) is 6.55. The van der Waals surface area contributed by atoms with Crippen LogP contribution >= 0.6 is 0 Å². The minimum absolute atomic E-state index is 0.0222. The maximum absolute atomic E-state index is 14.5. The van der Waals surface area contributed by atoms with Gasteiger partial charge >= 0.3 is 0 Å². The van der Waals surface area contributed by atoms with Crippen LogP contribution in [0.4, 0.5) is 14.6 Å². The van der Waals surface area contributed by atoms with Crippen molar-refractivity contribution in [3.63, 3.8) is 0 Å². The first-order chi connectivity index (χ1) is 14.6. The monoisotopic (exact) mass is 402 g/mol. The van der Waals surface area contributed by atoms with Crippen LogP contribution in [0.1, 0.15) is 5.56 Å². The molecule has 4 aromatic rings. The molecule has 1 N–H and O–H groups in total. The number of carbonyl (C=O) groups excluding carboxylic acids is 1. The van der Waals surface area contributed by atoms with Crippen molar-refractivity contribution in [3.05, 3.63) is 96.6 Å². The third-order valence-electron chi connectivity index (χ3n) is 4.43. The topological polar surface area (TPSA) is 67.8 Å². The number of rotatable bonds is 5. The second-order valence-electron chi connectivity index (χ2n) is 6.55. The quantitative estimate of drug-likeness (QED) is 0.493. The summed E-state index contributed by atoms with van der Waals surface area (Å²) in [4.78, 5) is 24.2. The van der Waals surface area contributed by atoms with Crippen molar-refractivity contribution in [2.24, 2.45) is 0 Å². The molecule has 30 heavy (non-hydrogen) atoms. The lowest BCUT2D eigenvalue weighted by Gasteiger charge is -2.08. The molecule has 0 spiro atoms. The molecule has 0 unspecified atom stereocenters. The van der Waals surface area contributed by atoms with Gasteiger partial charge in [0.25, 0.3) is 0 Å². The van der Waals surface area contributed by atoms with Crippen LogP contribution in [0.25, 0.3) is 22.4 Å². The van der Waals surface area contributed by atoms with E-state index in [1.54, 1.807) is 24.5 Å². The molecule has 148 valence electrons. The first kappa shape index (κ1) is 19.3. The molecule has 4 rings (SSSR count). The van der Waals surface area contributed by atoms with Crippen LogP contribution in [-0.4, -0.2) is 20.9 Å². The molecule has 5 nitrogen and oxygen atoms in total. The van der Waals surface area contributed by atoms with E-state index in [1.165, 1.54) is 24.4 Å². The van der Waals surface area contributed by atoms with E-state index in [-0.39, 0.29) is 17.9 Å². The maximum Gasteiger partial charge on any atom is 0.229 e. The van der Waals surface area contributed by atoms with Gasteiger partial charge in [-0.15, -0.1) is 0 Å². The summed E-state index contributed by atoms with van der Waals surface area (Å²) < 4.78 is 27.7. The van der Waals surface area contributed by atoms with Gasteiger partial charge in [-0.2, -0.15) is 4.39 Å². The smallest absolute Gasteiger partial charge is 0.229 e. The van der Waals surface area contributed by atoms with Gasteiger partial charge in [0.05, 0.1) is 12.1 Å². The first-order valence-corrected chi connectivity index (χ1v) is 9.16. The van der Waals surface area contributed by atoms with Gasteiger partial charge in [0.15, 0.2) is 0 Å². The van der Waals surface area contributed by atoms with Crippen LogP contribution < -0.4 is 5.32 Å². The molecule has 0 saturated heterocycles. The van der Waals surface area contributed by atoms with E-state index in [0.29, 0.717) is 16.9 Å². The van der Waals surface area contributed by atoms with E-state index in [2.05, 4.69) is 20.3 Å². The molecular formula is C23H16F2N4O. The molecule has 0 aliphatic rings. The summed E-state index contributed by atoms with van der Waals surface area (Å²) in [5, 5.41) is 2.69. The number of benzene rings is 1. The number of amides is 1. The Morgan fingerprint density at radius 3 is 2.47 bits per heavy atom. The average molecular weight is 402 g/mol. The first-order valence-electron chi connectivity index (χ1n) is 9.16. The Morgan fingerprint density at radius 1 is 0.867 bits per heavy atom. The Bertz CT molecular complexity index is 1180. The summed E-state index contributed by atoms with van der Waals surface area (Å²) in [6.45, 7) is 0. The zero-order valence-electron chi connectivity index (χ0n) is 15.7. The number of hydrogen-bond donors (Lipinski definition) is 1. The van der Waals surface area contributed by atoms with Crippen molar-refractivity contribution in [2.75, 3.05) is 5.32 Å². The van der Waals surface area contributed by atoms with E-state index in [1.807, 2.05) is 24.3 Å². The third kappa shape index (κ3) is 4.52. The molecule has 3 aromatic heterocycles. The van der Waals surface area contributed by atoms with Crippen molar-refractivity contribution in [1.82, 2.24) is 15.0 Å². The molecule has 3 heterocycles. The SMILES string of the molecule is O=C(Cc1ccc(-c2ccnc(F)c2)c(F)c1)Nc1ccc(-c2ccccn2)cn1. The minimum Gasteiger partial charge on any atom is -0.310 e. The molecule has 0 fully saturated rings. The Balaban J connectivity index is 1.42. The van der Waals surface area contributed by atoms with Gasteiger partial charge in [-0.1, -0.05) is 18.2 Å². The molecule has 0 radical (unpaired) electrons. The molecule has 0 aliphatic heterocycles. The Labute approximate surface area is 171 Å². The predicted octanol–water partition coefficient (Wildman–Crippen LogP) is 4.67. The molecule has 0 aliphatic carbocycles. The molecule has 1 aromatic carbocycles. The lowest BCUT2D eigenvalue weighted by molar-refractivity contribution is -0.115. The number of hydrogen-bond acceptors (Lipinski definition) is 4. The van der Waals surface area contributed by atoms with Crippen molar-refractivity contribution < 1.29 is 13.6 Å². The molecular weight excluding hydrogens is 386 g/mol. The normalized spacial score (nSPS) is 10.6. The van der Waals surface area contributed by atoms with Crippen LogP contribution in [0.3, 0.4) is 0 Å². The van der Waals surface area contributed by atoms with Crippen LogP contribution in [-0.2, 0) is 11.2 Å². The van der Waals surface area contributed by atoms with Crippen LogP contribution in [0.15, 0.2) is 79.3 Å². The Hall–Kier alpha value is -4.00. The zero-order chi connectivity index (χ0) is 20.9. The fraction of sp³-hybridized carbons (Fsp3) is 0.0435. The van der Waals surface area contributed by atoms with Gasteiger partial charge in [0, 0.05) is 35.8 Å². The molecule has 0 atom stereocenters. The summed E-state index contributed by atoms with van der Waals surface area (Å²) in [5.74, 6) is -1.15. The van der Waals surface area contributed by atoms with Gasteiger partial charge in [-0.05, 0) is 47.5 Å². The maximum atomic E-state index is 14.5. The summed E-state index contributed by atoms with van der Waals surface area (Å²) in [6.07, 6.45) is 4.57. The van der Waals surface area contributed by atoms with Gasteiger partial charge < -0.3 is 5.32 Å². The zero-order valence-corrected chi connectivity index (χ0v) is 15.7. The van der Waals surface area contributed by atoms with Gasteiger partial charge in [0.1, 0.15) is 11.6 Å². The van der Waals surface area contributed by atoms with Gasteiger partial charge in [0.2, 0.25) is 11.9 Å². The fourth-order valence-corrected chi connectivity index (χ4v) is 3.00. The number of anilines is 1. The van der Waals surface area contributed by atoms with E-state index < -0.39 is 11.8 Å². The van der Waals surface area contributed by atoms with E-state index in [9.17, 15) is 13.6 Å². The van der Waals surface area contributed by atoms with E-state index >= 15 is 0 Å². The summed E-state index contributed by atoms with van der Waals surface area (Å²) in [5.41, 5.74) is 2.74. The number of carbonyl (C=O) groups is 1. The van der Waals surface area contributed by atoms with Crippen LogP contribution in [0.2, 0.25) is 0 Å². The van der Waals surface area contributed by atoms with Crippen molar-refractivity contribution >= 4 is 11.7 Å². The highest BCUT2D eigenvalue weighted by Gasteiger charge is 2.11. The highest BCUT2D eigenvalue weighted by Crippen LogP contribution is 2.24. The van der Waals surface area contributed by atoms with E-state index in [0.717, 1.165) is 17.3 Å². The predicted molar refractivity (Wildman–Crippen MR) is 109 cm³/mol.